The van der Waals surface area contributed by atoms with Crippen molar-refractivity contribution in [1.82, 2.24) is 15.8 Å². The quantitative estimate of drug-likeness (QED) is 0.469. The summed E-state index contributed by atoms with van der Waals surface area (Å²) in [6.07, 6.45) is 1.68. The SMILES string of the molecule is O=C(c1ccc(F)c(F)c1Nc1ccc(I)cc1F)N1CC(O)(C2CCCN2)N1. The molecule has 154 valence electrons. The van der Waals surface area contributed by atoms with Gasteiger partial charge in [-0.1, -0.05) is 0 Å². The summed E-state index contributed by atoms with van der Waals surface area (Å²) in [4.78, 5) is 12.9. The first kappa shape index (κ1) is 20.4. The van der Waals surface area contributed by atoms with Crippen LogP contribution in [0.3, 0.4) is 0 Å². The van der Waals surface area contributed by atoms with Gasteiger partial charge in [0.25, 0.3) is 5.91 Å². The molecule has 2 saturated heterocycles. The van der Waals surface area contributed by atoms with Crippen molar-refractivity contribution in [2.75, 3.05) is 18.4 Å². The summed E-state index contributed by atoms with van der Waals surface area (Å²) in [7, 11) is 0. The molecule has 10 heteroatoms. The predicted molar refractivity (Wildman–Crippen MR) is 109 cm³/mol. The number of aliphatic hydroxyl groups is 1. The Hall–Kier alpha value is -1.89. The predicted octanol–water partition coefficient (Wildman–Crippen LogP) is 2.85. The van der Waals surface area contributed by atoms with Crippen LogP contribution in [-0.2, 0) is 0 Å². The van der Waals surface area contributed by atoms with Crippen molar-refractivity contribution in [3.8, 4) is 0 Å². The van der Waals surface area contributed by atoms with Crippen molar-refractivity contribution < 1.29 is 23.1 Å². The molecule has 0 bridgehead atoms. The van der Waals surface area contributed by atoms with Gasteiger partial charge in [0.05, 0.1) is 29.5 Å². The van der Waals surface area contributed by atoms with Crippen molar-refractivity contribution in [3.63, 3.8) is 0 Å². The fraction of sp³-hybridized carbons (Fsp3) is 0.316. The maximum Gasteiger partial charge on any atom is 0.270 e. The molecule has 2 heterocycles. The van der Waals surface area contributed by atoms with E-state index in [1.54, 1.807) is 6.07 Å². The van der Waals surface area contributed by atoms with Crippen LogP contribution >= 0.6 is 22.6 Å². The van der Waals surface area contributed by atoms with E-state index in [2.05, 4.69) is 16.1 Å². The van der Waals surface area contributed by atoms with E-state index in [1.165, 1.54) is 12.1 Å². The molecule has 0 aliphatic carbocycles. The van der Waals surface area contributed by atoms with Crippen molar-refractivity contribution >= 4 is 39.9 Å². The maximum atomic E-state index is 14.5. The number of carbonyl (C=O) groups is 1. The number of anilines is 2. The van der Waals surface area contributed by atoms with Crippen molar-refractivity contribution in [3.05, 3.63) is 56.9 Å². The molecule has 1 amide bonds. The number of hydrogen-bond acceptors (Lipinski definition) is 5. The van der Waals surface area contributed by atoms with Crippen molar-refractivity contribution in [2.24, 2.45) is 0 Å². The van der Waals surface area contributed by atoms with Gasteiger partial charge in [-0.25, -0.2) is 13.2 Å². The fourth-order valence-corrected chi connectivity index (χ4v) is 4.04. The number of rotatable bonds is 4. The highest BCUT2D eigenvalue weighted by molar-refractivity contribution is 14.1. The summed E-state index contributed by atoms with van der Waals surface area (Å²) >= 11 is 1.92. The van der Waals surface area contributed by atoms with Gasteiger partial charge >= 0.3 is 0 Å². The molecule has 0 radical (unpaired) electrons. The van der Waals surface area contributed by atoms with Gasteiger partial charge in [-0.05, 0) is 72.3 Å². The molecule has 2 aromatic carbocycles. The number of hydrogen-bond donors (Lipinski definition) is 4. The molecule has 6 nitrogen and oxygen atoms in total. The molecule has 0 spiro atoms. The molecule has 2 aromatic rings. The average Bonchev–Trinajstić information content (AvgIpc) is 3.19. The lowest BCUT2D eigenvalue weighted by atomic mass is 9.98. The smallest absolute Gasteiger partial charge is 0.270 e. The highest BCUT2D eigenvalue weighted by Gasteiger charge is 2.50. The second-order valence-electron chi connectivity index (χ2n) is 7.11. The standard InChI is InChI=1S/C19H18F3IN4O2/c20-12-5-4-11(17(16(12)22)25-14-6-3-10(23)8-13(14)21)18(28)27-9-19(29,26-27)15-2-1-7-24-15/h3-6,8,15,24-26,29H,1-2,7,9H2. The minimum absolute atomic E-state index is 0.0141. The van der Waals surface area contributed by atoms with E-state index in [4.69, 9.17) is 0 Å². The van der Waals surface area contributed by atoms with Crippen LogP contribution in [0.4, 0.5) is 24.5 Å². The molecule has 0 saturated carbocycles. The molecular formula is C19H18F3IN4O2. The van der Waals surface area contributed by atoms with Gasteiger partial charge in [0.1, 0.15) is 5.82 Å². The van der Waals surface area contributed by atoms with Gasteiger partial charge in [-0.15, -0.1) is 0 Å². The third kappa shape index (κ3) is 3.81. The van der Waals surface area contributed by atoms with Crippen LogP contribution in [0.15, 0.2) is 30.3 Å². The van der Waals surface area contributed by atoms with Crippen molar-refractivity contribution in [2.45, 2.75) is 24.6 Å². The Kier molecular flexibility index (Phi) is 5.44. The summed E-state index contributed by atoms with van der Waals surface area (Å²) in [5, 5.41) is 17.3. The Bertz CT molecular complexity index is 963. The third-order valence-corrected chi connectivity index (χ3v) is 5.80. The Morgan fingerprint density at radius 2 is 2.00 bits per heavy atom. The van der Waals surface area contributed by atoms with Crippen LogP contribution < -0.4 is 16.1 Å². The number of hydrazine groups is 1. The zero-order chi connectivity index (χ0) is 20.8. The van der Waals surface area contributed by atoms with Crippen molar-refractivity contribution in [1.29, 1.82) is 0 Å². The summed E-state index contributed by atoms with van der Waals surface area (Å²) in [5.41, 5.74) is 0.680. The van der Waals surface area contributed by atoms with Crippen LogP contribution in [0.25, 0.3) is 0 Å². The lowest BCUT2D eigenvalue weighted by Gasteiger charge is -2.50. The summed E-state index contributed by atoms with van der Waals surface area (Å²) in [6.45, 7) is 0.765. The number of nitrogens with zero attached hydrogens (tertiary/aromatic N) is 1. The van der Waals surface area contributed by atoms with Gasteiger partial charge in [-0.2, -0.15) is 5.43 Å². The number of carbonyl (C=O) groups excluding carboxylic acids is 1. The zero-order valence-electron chi connectivity index (χ0n) is 15.1. The number of amides is 1. The number of nitrogens with one attached hydrogen (secondary N) is 3. The van der Waals surface area contributed by atoms with Gasteiger partial charge in [0, 0.05) is 3.57 Å². The lowest BCUT2D eigenvalue weighted by molar-refractivity contribution is -0.166. The Morgan fingerprint density at radius 3 is 2.66 bits per heavy atom. The van der Waals surface area contributed by atoms with Crippen LogP contribution in [0, 0.1) is 21.0 Å². The van der Waals surface area contributed by atoms with Gasteiger partial charge in [0.15, 0.2) is 17.4 Å². The molecule has 4 N–H and O–H groups in total. The average molecular weight is 518 g/mol. The Morgan fingerprint density at radius 1 is 1.24 bits per heavy atom. The number of β-amino-alcohol motifs (C(OH)–C–C–N with tert-alkyl or cyclic N) is 1. The molecule has 2 aliphatic rings. The van der Waals surface area contributed by atoms with Crippen LogP contribution in [-0.4, -0.2) is 40.9 Å². The molecule has 0 aromatic heterocycles. The molecule has 2 aliphatic heterocycles. The minimum Gasteiger partial charge on any atom is -0.371 e. The minimum atomic E-state index is -1.29. The summed E-state index contributed by atoms with van der Waals surface area (Å²) < 4.78 is 43.1. The van der Waals surface area contributed by atoms with Crippen LogP contribution in [0.2, 0.25) is 0 Å². The largest absolute Gasteiger partial charge is 0.371 e. The van der Waals surface area contributed by atoms with E-state index in [9.17, 15) is 23.1 Å². The first-order valence-corrected chi connectivity index (χ1v) is 10.1. The van der Waals surface area contributed by atoms with Gasteiger partial charge < -0.3 is 15.7 Å². The van der Waals surface area contributed by atoms with E-state index >= 15 is 0 Å². The van der Waals surface area contributed by atoms with E-state index in [1.807, 2.05) is 22.6 Å². The monoisotopic (exact) mass is 518 g/mol. The fourth-order valence-electron chi connectivity index (χ4n) is 3.58. The summed E-state index contributed by atoms with van der Waals surface area (Å²) in [5.74, 6) is -3.79. The molecule has 2 unspecified atom stereocenters. The third-order valence-electron chi connectivity index (χ3n) is 5.13. The maximum absolute atomic E-state index is 14.5. The van der Waals surface area contributed by atoms with E-state index in [-0.39, 0.29) is 23.8 Å². The lowest BCUT2D eigenvalue weighted by Crippen LogP contribution is -2.78. The van der Waals surface area contributed by atoms with Gasteiger partial charge in [-0.3, -0.25) is 9.80 Å². The highest BCUT2D eigenvalue weighted by atomic mass is 127. The molecular weight excluding hydrogens is 500 g/mol. The van der Waals surface area contributed by atoms with Crippen LogP contribution in [0.1, 0.15) is 23.2 Å². The van der Waals surface area contributed by atoms with E-state index < -0.39 is 34.8 Å². The first-order valence-electron chi connectivity index (χ1n) is 9.04. The summed E-state index contributed by atoms with van der Waals surface area (Å²) in [6, 6.07) is 5.96. The normalized spacial score (nSPS) is 23.8. The van der Waals surface area contributed by atoms with Crippen LogP contribution in [0.5, 0.6) is 0 Å². The second kappa shape index (κ2) is 7.74. The topological polar surface area (TPSA) is 76.6 Å². The first-order chi connectivity index (χ1) is 13.8. The molecule has 2 fully saturated rings. The zero-order valence-corrected chi connectivity index (χ0v) is 17.3. The molecule has 4 rings (SSSR count). The Balaban J connectivity index is 1.59. The van der Waals surface area contributed by atoms with E-state index in [0.29, 0.717) is 3.57 Å². The molecule has 29 heavy (non-hydrogen) atoms. The second-order valence-corrected chi connectivity index (χ2v) is 8.36. The van der Waals surface area contributed by atoms with E-state index in [0.717, 1.165) is 36.5 Å². The Labute approximate surface area is 178 Å². The number of halogens is 4. The molecule has 2 atom stereocenters. The number of benzene rings is 2. The highest BCUT2D eigenvalue weighted by Crippen LogP contribution is 2.32. The van der Waals surface area contributed by atoms with Gasteiger partial charge in [0.2, 0.25) is 0 Å².